The normalized spacial score (nSPS) is 16.5. The molecule has 2 aliphatic rings. The first kappa shape index (κ1) is 19.3. The first-order chi connectivity index (χ1) is 15.8. The van der Waals surface area contributed by atoms with E-state index in [9.17, 15) is 4.39 Å². The average Bonchev–Trinajstić information content (AvgIpc) is 2.84. The maximum atomic E-state index is 13.7. The van der Waals surface area contributed by atoms with E-state index in [2.05, 4.69) is 72.8 Å². The van der Waals surface area contributed by atoms with E-state index >= 15 is 0 Å². The molecule has 1 unspecified atom stereocenters. The third kappa shape index (κ3) is 3.29. The van der Waals surface area contributed by atoms with E-state index in [4.69, 9.17) is 0 Å². The molecule has 6 rings (SSSR count). The molecule has 0 aromatic heterocycles. The van der Waals surface area contributed by atoms with Crippen molar-refractivity contribution in [2.24, 2.45) is 0 Å². The van der Waals surface area contributed by atoms with E-state index in [1.165, 1.54) is 50.2 Å². The van der Waals surface area contributed by atoms with Crippen molar-refractivity contribution in [3.63, 3.8) is 0 Å². The molecule has 32 heavy (non-hydrogen) atoms. The molecule has 0 bridgehead atoms. The molecule has 4 aromatic carbocycles. The molecule has 0 saturated heterocycles. The second kappa shape index (κ2) is 7.91. The highest BCUT2D eigenvalue weighted by Crippen LogP contribution is 2.33. The van der Waals surface area contributed by atoms with Crippen LogP contribution in [0.4, 0.5) is 4.39 Å². The standard InChI is InChI=1S/C31H25F/c32-25-15-13-22(14-16-25)30-20-24-9-4-5-11-26(24)29-18-17-27-23(10-6-12-28(27)31(29)30)19-21-7-2-1-3-8-21/h1-5,7-9,11-18,23H,6,10,19-20H2. The van der Waals surface area contributed by atoms with Crippen LogP contribution in [0.2, 0.25) is 0 Å². The fourth-order valence-electron chi connectivity index (χ4n) is 5.57. The zero-order chi connectivity index (χ0) is 21.5. The number of rotatable bonds is 3. The minimum atomic E-state index is -0.185. The van der Waals surface area contributed by atoms with Gasteiger partial charge in [0.05, 0.1) is 0 Å². The Morgan fingerprint density at radius 1 is 0.750 bits per heavy atom. The van der Waals surface area contributed by atoms with Crippen LogP contribution in [0.5, 0.6) is 0 Å². The van der Waals surface area contributed by atoms with Crippen LogP contribution in [0.1, 0.15) is 41.0 Å². The predicted octanol–water partition coefficient (Wildman–Crippen LogP) is 6.15. The second-order valence-electron chi connectivity index (χ2n) is 8.98. The van der Waals surface area contributed by atoms with E-state index in [0.29, 0.717) is 5.92 Å². The molecule has 1 atom stereocenters. The monoisotopic (exact) mass is 416 g/mol. The number of halogens is 1. The van der Waals surface area contributed by atoms with Gasteiger partial charge in [-0.3, -0.25) is 0 Å². The molecule has 0 radical (unpaired) electrons. The highest BCUT2D eigenvalue weighted by atomic mass is 19.1. The zero-order valence-electron chi connectivity index (χ0n) is 18.0. The van der Waals surface area contributed by atoms with Crippen molar-refractivity contribution in [2.45, 2.75) is 31.6 Å². The first-order valence-corrected chi connectivity index (χ1v) is 11.5. The molecular formula is C31H25F. The lowest BCUT2D eigenvalue weighted by molar-refractivity contribution is 0.621. The Kier molecular flexibility index (Phi) is 4.76. The molecule has 4 aromatic rings. The van der Waals surface area contributed by atoms with E-state index < -0.39 is 0 Å². The Morgan fingerprint density at radius 3 is 2.38 bits per heavy atom. The van der Waals surface area contributed by atoms with Gasteiger partial charge in [-0.1, -0.05) is 84.9 Å². The SMILES string of the molecule is Fc1ccc(C2=c3c(ccc4c3=CCCC4Cc3ccccc3)-c3ccccc3C2)cc1. The molecule has 2 aliphatic carbocycles. The number of fused-ring (bicyclic) bond motifs is 5. The Balaban J connectivity index is 1.60. The molecule has 1 heteroatoms. The van der Waals surface area contributed by atoms with Crippen LogP contribution in [-0.2, 0) is 12.8 Å². The molecular weight excluding hydrogens is 391 g/mol. The summed E-state index contributed by atoms with van der Waals surface area (Å²) in [6.45, 7) is 0. The van der Waals surface area contributed by atoms with Crippen LogP contribution in [-0.4, -0.2) is 0 Å². The molecule has 156 valence electrons. The quantitative estimate of drug-likeness (QED) is 0.376. The molecule has 0 nitrogen and oxygen atoms in total. The topological polar surface area (TPSA) is 0 Å². The third-order valence-electron chi connectivity index (χ3n) is 7.08. The summed E-state index contributed by atoms with van der Waals surface area (Å²) in [6.07, 6.45) is 6.67. The third-order valence-corrected chi connectivity index (χ3v) is 7.08. The van der Waals surface area contributed by atoms with Gasteiger partial charge >= 0.3 is 0 Å². The fraction of sp³-hybridized carbons (Fsp3) is 0.161. The van der Waals surface area contributed by atoms with Gasteiger partial charge in [0, 0.05) is 0 Å². The largest absolute Gasteiger partial charge is 0.207 e. The van der Waals surface area contributed by atoms with Gasteiger partial charge in [0.25, 0.3) is 0 Å². The van der Waals surface area contributed by atoms with Crippen LogP contribution in [0.25, 0.3) is 22.8 Å². The Bertz CT molecular complexity index is 1410. The van der Waals surface area contributed by atoms with Gasteiger partial charge in [-0.05, 0) is 93.1 Å². The molecule has 0 aliphatic heterocycles. The van der Waals surface area contributed by atoms with Crippen molar-refractivity contribution in [1.82, 2.24) is 0 Å². The lowest BCUT2D eigenvalue weighted by Gasteiger charge is -2.26. The summed E-state index contributed by atoms with van der Waals surface area (Å²) in [5.41, 5.74) is 9.27. The Labute approximate surface area is 188 Å². The summed E-state index contributed by atoms with van der Waals surface area (Å²) in [5, 5.41) is 2.74. The fourth-order valence-corrected chi connectivity index (χ4v) is 5.57. The van der Waals surface area contributed by atoms with E-state index in [1.54, 1.807) is 12.1 Å². The smallest absolute Gasteiger partial charge is 0.123 e. The molecule has 0 N–H and O–H groups in total. The summed E-state index contributed by atoms with van der Waals surface area (Å²) < 4.78 is 13.7. The van der Waals surface area contributed by atoms with Crippen molar-refractivity contribution in [3.05, 3.63) is 130 Å². The highest BCUT2D eigenvalue weighted by Gasteiger charge is 2.23. The number of benzene rings is 4. The van der Waals surface area contributed by atoms with Crippen LogP contribution in [0.15, 0.2) is 91.0 Å². The van der Waals surface area contributed by atoms with Crippen molar-refractivity contribution in [2.75, 3.05) is 0 Å². The van der Waals surface area contributed by atoms with Crippen molar-refractivity contribution in [1.29, 1.82) is 0 Å². The van der Waals surface area contributed by atoms with Gasteiger partial charge < -0.3 is 0 Å². The van der Waals surface area contributed by atoms with Crippen molar-refractivity contribution in [3.8, 4) is 11.1 Å². The van der Waals surface area contributed by atoms with Crippen molar-refractivity contribution < 1.29 is 4.39 Å². The van der Waals surface area contributed by atoms with E-state index in [0.717, 1.165) is 24.8 Å². The Hall–Kier alpha value is -3.45. The minimum Gasteiger partial charge on any atom is -0.207 e. The predicted molar refractivity (Wildman–Crippen MR) is 130 cm³/mol. The van der Waals surface area contributed by atoms with Gasteiger partial charge in [0.15, 0.2) is 0 Å². The van der Waals surface area contributed by atoms with Gasteiger partial charge in [-0.25, -0.2) is 4.39 Å². The Morgan fingerprint density at radius 2 is 1.53 bits per heavy atom. The van der Waals surface area contributed by atoms with Crippen LogP contribution >= 0.6 is 0 Å². The molecule has 0 heterocycles. The second-order valence-corrected chi connectivity index (χ2v) is 8.98. The van der Waals surface area contributed by atoms with Gasteiger partial charge in [0.2, 0.25) is 0 Å². The summed E-state index contributed by atoms with van der Waals surface area (Å²) in [5.74, 6) is 0.338. The van der Waals surface area contributed by atoms with Gasteiger partial charge in [0.1, 0.15) is 5.82 Å². The van der Waals surface area contributed by atoms with Crippen LogP contribution in [0.3, 0.4) is 0 Å². The van der Waals surface area contributed by atoms with Gasteiger partial charge in [-0.15, -0.1) is 0 Å². The maximum absolute atomic E-state index is 13.7. The summed E-state index contributed by atoms with van der Waals surface area (Å²) in [7, 11) is 0. The minimum absolute atomic E-state index is 0.185. The van der Waals surface area contributed by atoms with Crippen LogP contribution in [0, 0.1) is 5.82 Å². The first-order valence-electron chi connectivity index (χ1n) is 11.5. The average molecular weight is 417 g/mol. The molecule has 0 amide bonds. The molecule has 0 saturated carbocycles. The summed E-state index contributed by atoms with van der Waals surface area (Å²) in [4.78, 5) is 0. The molecule has 0 spiro atoms. The molecule has 0 fully saturated rings. The van der Waals surface area contributed by atoms with E-state index in [1.807, 2.05) is 12.1 Å². The van der Waals surface area contributed by atoms with E-state index in [-0.39, 0.29) is 5.82 Å². The number of hydrogen-bond donors (Lipinski definition) is 0. The zero-order valence-corrected chi connectivity index (χ0v) is 18.0. The summed E-state index contributed by atoms with van der Waals surface area (Å²) in [6, 6.07) is 31.3. The van der Waals surface area contributed by atoms with Gasteiger partial charge in [-0.2, -0.15) is 0 Å². The van der Waals surface area contributed by atoms with Crippen molar-refractivity contribution >= 4 is 11.6 Å². The van der Waals surface area contributed by atoms with Crippen LogP contribution < -0.4 is 10.4 Å². The lowest BCUT2D eigenvalue weighted by Crippen LogP contribution is -2.38. The highest BCUT2D eigenvalue weighted by molar-refractivity contribution is 5.82. The summed E-state index contributed by atoms with van der Waals surface area (Å²) >= 11 is 0. The number of hydrogen-bond acceptors (Lipinski definition) is 0. The lowest BCUT2D eigenvalue weighted by atomic mass is 9.78. The maximum Gasteiger partial charge on any atom is 0.123 e.